The van der Waals surface area contributed by atoms with Crippen molar-refractivity contribution in [3.8, 4) is 0 Å². The van der Waals surface area contributed by atoms with E-state index < -0.39 is 0 Å². The summed E-state index contributed by atoms with van der Waals surface area (Å²) in [6.45, 7) is 4.57. The Labute approximate surface area is 132 Å². The van der Waals surface area contributed by atoms with Crippen LogP contribution in [-0.2, 0) is 19.5 Å². The average Bonchev–Trinajstić information content (AvgIpc) is 3.15. The van der Waals surface area contributed by atoms with Crippen LogP contribution in [0.25, 0.3) is 0 Å². The molecule has 6 nitrogen and oxygen atoms in total. The molecule has 2 aromatic heterocycles. The minimum atomic E-state index is 0.751. The van der Waals surface area contributed by atoms with Crippen LogP contribution in [0.3, 0.4) is 0 Å². The van der Waals surface area contributed by atoms with Gasteiger partial charge in [-0.1, -0.05) is 41.7 Å². The van der Waals surface area contributed by atoms with Crippen LogP contribution in [0.5, 0.6) is 0 Å². The zero-order valence-electron chi connectivity index (χ0n) is 12.3. The smallest absolute Gasteiger partial charge is 0.208 e. The SMILES string of the molecule is Cc1nnc2n1CCN(c1nnc(Cc3ccccc3)s1)C2. The summed E-state index contributed by atoms with van der Waals surface area (Å²) in [5, 5.41) is 19.1. The number of hydrogen-bond acceptors (Lipinski definition) is 6. The molecule has 3 aromatic rings. The molecule has 0 saturated heterocycles. The van der Waals surface area contributed by atoms with E-state index in [1.807, 2.05) is 13.0 Å². The number of anilines is 1. The maximum absolute atomic E-state index is 4.35. The van der Waals surface area contributed by atoms with Gasteiger partial charge in [0.15, 0.2) is 5.82 Å². The molecular weight excluding hydrogens is 296 g/mol. The minimum Gasteiger partial charge on any atom is -0.337 e. The summed E-state index contributed by atoms with van der Waals surface area (Å²) in [7, 11) is 0. The molecule has 4 rings (SSSR count). The van der Waals surface area contributed by atoms with Crippen molar-refractivity contribution < 1.29 is 0 Å². The molecule has 0 atom stereocenters. The number of rotatable bonds is 3. The lowest BCUT2D eigenvalue weighted by atomic mass is 10.2. The Kier molecular flexibility index (Phi) is 3.34. The van der Waals surface area contributed by atoms with Crippen molar-refractivity contribution in [1.29, 1.82) is 0 Å². The lowest BCUT2D eigenvalue weighted by molar-refractivity contribution is 0.549. The van der Waals surface area contributed by atoms with E-state index in [1.54, 1.807) is 11.3 Å². The second-order valence-electron chi connectivity index (χ2n) is 5.38. The fourth-order valence-electron chi connectivity index (χ4n) is 2.68. The number of benzene rings is 1. The summed E-state index contributed by atoms with van der Waals surface area (Å²) in [4.78, 5) is 2.23. The Hall–Kier alpha value is -2.28. The van der Waals surface area contributed by atoms with Gasteiger partial charge in [-0.3, -0.25) is 0 Å². The van der Waals surface area contributed by atoms with E-state index in [2.05, 4.69) is 54.1 Å². The minimum absolute atomic E-state index is 0.751. The van der Waals surface area contributed by atoms with Crippen molar-refractivity contribution in [3.05, 3.63) is 52.6 Å². The van der Waals surface area contributed by atoms with Gasteiger partial charge in [0, 0.05) is 19.5 Å². The number of nitrogens with zero attached hydrogens (tertiary/aromatic N) is 6. The summed E-state index contributed by atoms with van der Waals surface area (Å²) in [5.74, 6) is 1.99. The molecular formula is C15H16N6S. The largest absolute Gasteiger partial charge is 0.337 e. The summed E-state index contributed by atoms with van der Waals surface area (Å²) in [6.07, 6.45) is 0.835. The van der Waals surface area contributed by atoms with E-state index in [1.165, 1.54) is 5.56 Å². The van der Waals surface area contributed by atoms with Gasteiger partial charge < -0.3 is 9.47 Å². The zero-order valence-corrected chi connectivity index (χ0v) is 13.1. The highest BCUT2D eigenvalue weighted by Crippen LogP contribution is 2.25. The predicted molar refractivity (Wildman–Crippen MR) is 85.0 cm³/mol. The molecule has 22 heavy (non-hydrogen) atoms. The fraction of sp³-hybridized carbons (Fsp3) is 0.333. The molecule has 0 aliphatic carbocycles. The molecule has 0 bridgehead atoms. The van der Waals surface area contributed by atoms with Crippen molar-refractivity contribution in [2.24, 2.45) is 0 Å². The van der Waals surface area contributed by atoms with Crippen LogP contribution in [0.2, 0.25) is 0 Å². The quantitative estimate of drug-likeness (QED) is 0.741. The number of aromatic nitrogens is 5. The van der Waals surface area contributed by atoms with Crippen molar-refractivity contribution in [2.75, 3.05) is 11.4 Å². The van der Waals surface area contributed by atoms with E-state index in [-0.39, 0.29) is 0 Å². The predicted octanol–water partition coefficient (Wildman–Crippen LogP) is 2.05. The topological polar surface area (TPSA) is 59.7 Å². The Balaban J connectivity index is 1.50. The highest BCUT2D eigenvalue weighted by Gasteiger charge is 2.22. The Bertz CT molecular complexity index is 778. The van der Waals surface area contributed by atoms with Crippen LogP contribution in [0, 0.1) is 6.92 Å². The Morgan fingerprint density at radius 1 is 1.05 bits per heavy atom. The second kappa shape index (κ2) is 5.49. The van der Waals surface area contributed by atoms with Gasteiger partial charge in [-0.05, 0) is 12.5 Å². The lowest BCUT2D eigenvalue weighted by Gasteiger charge is -2.26. The third-order valence-corrected chi connectivity index (χ3v) is 4.85. The van der Waals surface area contributed by atoms with E-state index in [9.17, 15) is 0 Å². The van der Waals surface area contributed by atoms with Gasteiger partial charge in [0.05, 0.1) is 6.54 Å². The van der Waals surface area contributed by atoms with Gasteiger partial charge in [0.25, 0.3) is 0 Å². The third-order valence-electron chi connectivity index (χ3n) is 3.86. The molecule has 0 saturated carbocycles. The molecule has 0 spiro atoms. The van der Waals surface area contributed by atoms with E-state index in [0.29, 0.717) is 0 Å². The molecule has 0 amide bonds. The molecule has 0 unspecified atom stereocenters. The van der Waals surface area contributed by atoms with Crippen LogP contribution in [0.15, 0.2) is 30.3 Å². The average molecular weight is 312 g/mol. The maximum atomic E-state index is 4.35. The maximum Gasteiger partial charge on any atom is 0.208 e. The van der Waals surface area contributed by atoms with E-state index in [4.69, 9.17) is 0 Å². The van der Waals surface area contributed by atoms with E-state index >= 15 is 0 Å². The standard InChI is InChI=1S/C15H16N6S/c1-11-16-17-13-10-20(7-8-21(11)13)15-19-18-14(22-15)9-12-5-3-2-4-6-12/h2-6H,7-10H2,1H3. The molecule has 3 heterocycles. The van der Waals surface area contributed by atoms with Crippen molar-refractivity contribution in [3.63, 3.8) is 0 Å². The first-order valence-electron chi connectivity index (χ1n) is 7.29. The van der Waals surface area contributed by atoms with Gasteiger partial charge >= 0.3 is 0 Å². The molecule has 0 radical (unpaired) electrons. The van der Waals surface area contributed by atoms with Crippen LogP contribution >= 0.6 is 11.3 Å². The molecule has 1 aliphatic heterocycles. The molecule has 112 valence electrons. The summed E-state index contributed by atoms with van der Waals surface area (Å²) < 4.78 is 2.17. The first kappa shape index (κ1) is 13.4. The Morgan fingerprint density at radius 3 is 2.77 bits per heavy atom. The van der Waals surface area contributed by atoms with Gasteiger partial charge in [0.1, 0.15) is 10.8 Å². The van der Waals surface area contributed by atoms with Gasteiger partial charge in [-0.2, -0.15) is 0 Å². The lowest BCUT2D eigenvalue weighted by Crippen LogP contribution is -2.34. The second-order valence-corrected chi connectivity index (χ2v) is 6.42. The molecule has 0 fully saturated rings. The van der Waals surface area contributed by atoms with Crippen molar-refractivity contribution in [1.82, 2.24) is 25.0 Å². The molecule has 1 aliphatic rings. The highest BCUT2D eigenvalue weighted by molar-refractivity contribution is 7.15. The van der Waals surface area contributed by atoms with Crippen LogP contribution in [0.1, 0.15) is 22.2 Å². The molecule has 7 heteroatoms. The van der Waals surface area contributed by atoms with Crippen LogP contribution in [-0.4, -0.2) is 31.5 Å². The molecule has 0 N–H and O–H groups in total. The highest BCUT2D eigenvalue weighted by atomic mass is 32.1. The summed E-state index contributed by atoms with van der Waals surface area (Å²) in [6, 6.07) is 10.4. The van der Waals surface area contributed by atoms with Gasteiger partial charge in [0.2, 0.25) is 5.13 Å². The summed E-state index contributed by atoms with van der Waals surface area (Å²) >= 11 is 1.66. The fourth-order valence-corrected chi connectivity index (χ4v) is 3.58. The first-order chi connectivity index (χ1) is 10.8. The summed E-state index contributed by atoms with van der Waals surface area (Å²) in [5.41, 5.74) is 1.26. The Morgan fingerprint density at radius 2 is 1.91 bits per heavy atom. The normalized spacial score (nSPS) is 14.1. The van der Waals surface area contributed by atoms with Crippen LogP contribution < -0.4 is 4.90 Å². The van der Waals surface area contributed by atoms with E-state index in [0.717, 1.165) is 47.8 Å². The molecule has 1 aromatic carbocycles. The first-order valence-corrected chi connectivity index (χ1v) is 8.11. The number of hydrogen-bond donors (Lipinski definition) is 0. The van der Waals surface area contributed by atoms with Crippen molar-refractivity contribution >= 4 is 16.5 Å². The number of aryl methyl sites for hydroxylation is 1. The number of fused-ring (bicyclic) bond motifs is 1. The van der Waals surface area contributed by atoms with Gasteiger partial charge in [-0.25, -0.2) is 0 Å². The van der Waals surface area contributed by atoms with Gasteiger partial charge in [-0.15, -0.1) is 20.4 Å². The third kappa shape index (κ3) is 2.48. The van der Waals surface area contributed by atoms with Crippen LogP contribution in [0.4, 0.5) is 5.13 Å². The van der Waals surface area contributed by atoms with Crippen molar-refractivity contribution in [2.45, 2.75) is 26.4 Å². The monoisotopic (exact) mass is 312 g/mol. The zero-order chi connectivity index (χ0) is 14.9.